The van der Waals surface area contributed by atoms with Crippen LogP contribution in [0.1, 0.15) is 0 Å². The molecule has 0 aromatic heterocycles. The molecule has 0 bridgehead atoms. The summed E-state index contributed by atoms with van der Waals surface area (Å²) in [6, 6.07) is 0. The highest BCUT2D eigenvalue weighted by atomic mass is 32.2. The van der Waals surface area contributed by atoms with Gasteiger partial charge >= 0.3 is 0 Å². The van der Waals surface area contributed by atoms with E-state index in [1.165, 1.54) is 0 Å². The van der Waals surface area contributed by atoms with Crippen LogP contribution in [0.2, 0.25) is 0 Å². The fourth-order valence-corrected chi connectivity index (χ4v) is 1.48. The fraction of sp³-hybridized carbons (Fsp3) is 0.667. The van der Waals surface area contributed by atoms with Gasteiger partial charge in [0.15, 0.2) is 0 Å². The van der Waals surface area contributed by atoms with Crippen molar-refractivity contribution in [3.63, 3.8) is 0 Å². The Morgan fingerprint density at radius 1 is 1.43 bits per heavy atom. The number of nitrogens with zero attached hydrogens (tertiary/aromatic N) is 1. The molecular formula is C3H7NS3. The van der Waals surface area contributed by atoms with E-state index in [1.807, 2.05) is 12.5 Å². The van der Waals surface area contributed by atoms with Crippen LogP contribution in [0.3, 0.4) is 0 Å². The van der Waals surface area contributed by atoms with Crippen molar-refractivity contribution < 1.29 is 0 Å². The van der Waals surface area contributed by atoms with Crippen molar-refractivity contribution in [3.8, 4) is 0 Å². The van der Waals surface area contributed by atoms with Gasteiger partial charge in [0.05, 0.1) is 0 Å². The average molecular weight is 153 g/mol. The normalized spacial score (nSPS) is 8.43. The summed E-state index contributed by atoms with van der Waals surface area (Å²) in [6.45, 7) is 0. The highest BCUT2D eigenvalue weighted by Gasteiger charge is 1.86. The maximum Gasteiger partial charge on any atom is 0.137 e. The second kappa shape index (κ2) is 4.87. The zero-order valence-electron chi connectivity index (χ0n) is 4.21. The summed E-state index contributed by atoms with van der Waals surface area (Å²) < 4.78 is 4.67. The van der Waals surface area contributed by atoms with Gasteiger partial charge in [0.25, 0.3) is 0 Å². The van der Waals surface area contributed by atoms with Crippen LogP contribution in [0.15, 0.2) is 4.40 Å². The minimum atomic E-state index is 1.00. The van der Waals surface area contributed by atoms with Crippen LogP contribution in [-0.2, 0) is 0 Å². The Bertz CT molecular complexity index is 64.6. The lowest BCUT2D eigenvalue weighted by Gasteiger charge is -1.89. The second-order valence-electron chi connectivity index (χ2n) is 0.774. The number of rotatable bonds is 0. The molecule has 0 aliphatic rings. The fourth-order valence-electron chi connectivity index (χ4n) is 0.165. The van der Waals surface area contributed by atoms with Gasteiger partial charge in [-0.15, -0.1) is 23.5 Å². The minimum absolute atomic E-state index is 1.00. The van der Waals surface area contributed by atoms with Crippen LogP contribution in [0.25, 0.3) is 0 Å². The Labute approximate surface area is 57.9 Å². The third kappa shape index (κ3) is 3.32. The molecular weight excluding hydrogens is 146 g/mol. The molecule has 0 saturated heterocycles. The van der Waals surface area contributed by atoms with Gasteiger partial charge in [-0.25, -0.2) is 4.40 Å². The quantitative estimate of drug-likeness (QED) is 0.324. The highest BCUT2D eigenvalue weighted by Crippen LogP contribution is 2.10. The molecule has 0 aromatic carbocycles. The lowest BCUT2D eigenvalue weighted by molar-refractivity contribution is 2.05. The van der Waals surface area contributed by atoms with Crippen LogP contribution >= 0.6 is 36.3 Å². The Morgan fingerprint density at radius 2 is 1.86 bits per heavy atom. The van der Waals surface area contributed by atoms with Crippen LogP contribution in [0.4, 0.5) is 0 Å². The van der Waals surface area contributed by atoms with Gasteiger partial charge in [-0.05, 0) is 25.3 Å². The minimum Gasteiger partial charge on any atom is -0.206 e. The molecule has 0 atom stereocenters. The molecule has 0 rings (SSSR count). The Morgan fingerprint density at radius 3 is 1.86 bits per heavy atom. The van der Waals surface area contributed by atoms with E-state index in [1.54, 1.807) is 23.5 Å². The molecule has 0 amide bonds. The lowest BCUT2D eigenvalue weighted by Crippen LogP contribution is -1.75. The summed E-state index contributed by atoms with van der Waals surface area (Å²) in [5, 5.41) is 0. The van der Waals surface area contributed by atoms with Gasteiger partial charge in [0, 0.05) is 0 Å². The smallest absolute Gasteiger partial charge is 0.137 e. The molecule has 42 valence electrons. The first-order valence-electron chi connectivity index (χ1n) is 1.65. The van der Waals surface area contributed by atoms with Crippen molar-refractivity contribution in [2.24, 2.45) is 4.40 Å². The molecule has 7 heavy (non-hydrogen) atoms. The van der Waals surface area contributed by atoms with E-state index in [9.17, 15) is 0 Å². The number of hydrogen-bond donors (Lipinski definition) is 1. The molecule has 0 spiro atoms. The number of thiol groups is 1. The Balaban J connectivity index is 3.38. The van der Waals surface area contributed by atoms with Crippen LogP contribution < -0.4 is 0 Å². The van der Waals surface area contributed by atoms with E-state index >= 15 is 0 Å². The van der Waals surface area contributed by atoms with E-state index < -0.39 is 0 Å². The monoisotopic (exact) mass is 153 g/mol. The molecule has 0 saturated carbocycles. The molecule has 0 aliphatic heterocycles. The van der Waals surface area contributed by atoms with E-state index in [0.717, 1.165) is 4.38 Å². The molecule has 0 N–H and O–H groups in total. The zero-order chi connectivity index (χ0) is 5.70. The van der Waals surface area contributed by atoms with Crippen molar-refractivity contribution in [2.75, 3.05) is 12.5 Å². The van der Waals surface area contributed by atoms with Crippen molar-refractivity contribution >= 4 is 40.7 Å². The molecule has 0 radical (unpaired) electrons. The van der Waals surface area contributed by atoms with Gasteiger partial charge in [-0.3, -0.25) is 0 Å². The number of thioether (sulfide) groups is 2. The van der Waals surface area contributed by atoms with Gasteiger partial charge in [0.1, 0.15) is 4.38 Å². The average Bonchev–Trinajstić information content (AvgIpc) is 1.72. The summed E-state index contributed by atoms with van der Waals surface area (Å²) in [7, 11) is 0. The Kier molecular flexibility index (Phi) is 5.37. The molecule has 1 nitrogen and oxygen atoms in total. The first kappa shape index (κ1) is 7.72. The maximum atomic E-state index is 3.72. The molecule has 0 aromatic rings. The second-order valence-corrected chi connectivity index (χ2v) is 2.82. The van der Waals surface area contributed by atoms with Crippen molar-refractivity contribution in [1.29, 1.82) is 0 Å². The standard InChI is InChI=1S/C3H7NS3/c1-6-3(4-5)7-2/h5H,1-2H3. The summed E-state index contributed by atoms with van der Waals surface area (Å²) in [5.74, 6) is 0. The van der Waals surface area contributed by atoms with Crippen LogP contribution in [-0.4, -0.2) is 16.9 Å². The Hall–Kier alpha value is 0.720. The van der Waals surface area contributed by atoms with Gasteiger partial charge in [-0.1, -0.05) is 0 Å². The lowest BCUT2D eigenvalue weighted by atomic mass is 11.7. The summed E-state index contributed by atoms with van der Waals surface area (Å²) in [6.07, 6.45) is 3.96. The van der Waals surface area contributed by atoms with Crippen molar-refractivity contribution in [2.45, 2.75) is 0 Å². The summed E-state index contributed by atoms with van der Waals surface area (Å²) >= 11 is 6.93. The van der Waals surface area contributed by atoms with Gasteiger partial charge in [0.2, 0.25) is 0 Å². The number of hydrogen-bond acceptors (Lipinski definition) is 4. The topological polar surface area (TPSA) is 12.4 Å². The highest BCUT2D eigenvalue weighted by molar-refractivity contribution is 8.38. The van der Waals surface area contributed by atoms with Crippen LogP contribution in [0, 0.1) is 0 Å². The molecule has 0 fully saturated rings. The van der Waals surface area contributed by atoms with Crippen molar-refractivity contribution in [3.05, 3.63) is 0 Å². The summed E-state index contributed by atoms with van der Waals surface area (Å²) in [5.41, 5.74) is 0. The molecule has 0 unspecified atom stereocenters. The third-order valence-corrected chi connectivity index (χ3v) is 2.78. The van der Waals surface area contributed by atoms with Gasteiger partial charge in [-0.2, -0.15) is 0 Å². The van der Waals surface area contributed by atoms with E-state index in [0.29, 0.717) is 0 Å². The van der Waals surface area contributed by atoms with Crippen LogP contribution in [0.5, 0.6) is 0 Å². The summed E-state index contributed by atoms with van der Waals surface area (Å²) in [4.78, 5) is 0. The molecule has 4 heteroatoms. The first-order valence-corrected chi connectivity index (χ1v) is 4.50. The molecule has 0 heterocycles. The van der Waals surface area contributed by atoms with E-state index in [2.05, 4.69) is 17.2 Å². The maximum absolute atomic E-state index is 3.72. The largest absolute Gasteiger partial charge is 0.206 e. The van der Waals surface area contributed by atoms with E-state index in [4.69, 9.17) is 0 Å². The third-order valence-electron chi connectivity index (χ3n) is 0.431. The predicted molar refractivity (Wildman–Crippen MR) is 43.5 cm³/mol. The zero-order valence-corrected chi connectivity index (χ0v) is 6.74. The van der Waals surface area contributed by atoms with Gasteiger partial charge < -0.3 is 0 Å². The van der Waals surface area contributed by atoms with Crippen molar-refractivity contribution in [1.82, 2.24) is 0 Å². The predicted octanol–water partition coefficient (Wildman–Crippen LogP) is 1.91. The SMILES string of the molecule is CSC(=NS)SC. The first-order chi connectivity index (χ1) is 3.35. The molecule has 0 aliphatic carbocycles. The van der Waals surface area contributed by atoms with E-state index in [-0.39, 0.29) is 0 Å².